The third-order valence-electron chi connectivity index (χ3n) is 4.50. The van der Waals surface area contributed by atoms with Crippen molar-refractivity contribution in [1.82, 2.24) is 4.90 Å². The van der Waals surface area contributed by atoms with E-state index in [2.05, 4.69) is 54.8 Å². The third kappa shape index (κ3) is 3.74. The van der Waals surface area contributed by atoms with Gasteiger partial charge < -0.3 is 10.6 Å². The molecule has 1 aliphatic heterocycles. The molecule has 0 saturated carbocycles. The maximum atomic E-state index is 6.02. The molecule has 1 heterocycles. The second kappa shape index (κ2) is 7.09. The molecule has 0 aliphatic carbocycles. The van der Waals surface area contributed by atoms with E-state index in [9.17, 15) is 0 Å². The first-order valence-electron chi connectivity index (χ1n) is 7.97. The van der Waals surface area contributed by atoms with Crippen LogP contribution in [0.15, 0.2) is 24.3 Å². The van der Waals surface area contributed by atoms with Crippen LogP contribution in [0.1, 0.15) is 32.8 Å². The first-order valence-corrected chi connectivity index (χ1v) is 7.97. The molecule has 1 aromatic rings. The molecule has 3 nitrogen and oxygen atoms in total. The van der Waals surface area contributed by atoms with Gasteiger partial charge >= 0.3 is 0 Å². The average molecular weight is 275 g/mol. The van der Waals surface area contributed by atoms with Crippen LogP contribution in [0.3, 0.4) is 0 Å². The summed E-state index contributed by atoms with van der Waals surface area (Å²) in [5.41, 5.74) is 8.72. The van der Waals surface area contributed by atoms with Crippen LogP contribution in [0, 0.1) is 0 Å². The summed E-state index contributed by atoms with van der Waals surface area (Å²) < 4.78 is 0. The molecule has 0 radical (unpaired) electrons. The lowest BCUT2D eigenvalue weighted by atomic mass is 10.0. The van der Waals surface area contributed by atoms with Crippen LogP contribution in [-0.4, -0.2) is 43.2 Å². The number of likely N-dealkylation sites (N-methyl/N-ethyl adjacent to an activating group) is 1. The first kappa shape index (κ1) is 15.3. The quantitative estimate of drug-likeness (QED) is 0.896. The van der Waals surface area contributed by atoms with Gasteiger partial charge in [0.1, 0.15) is 0 Å². The van der Waals surface area contributed by atoms with E-state index in [-0.39, 0.29) is 6.04 Å². The molecule has 0 amide bonds. The Hall–Kier alpha value is -1.06. The van der Waals surface area contributed by atoms with Crippen LogP contribution in [0.4, 0.5) is 5.69 Å². The van der Waals surface area contributed by atoms with Gasteiger partial charge in [-0.3, -0.25) is 4.90 Å². The van der Waals surface area contributed by atoms with Gasteiger partial charge in [-0.2, -0.15) is 0 Å². The molecule has 1 saturated heterocycles. The molecule has 2 atom stereocenters. The number of anilines is 1. The van der Waals surface area contributed by atoms with Crippen LogP contribution in [0.5, 0.6) is 0 Å². The fourth-order valence-corrected chi connectivity index (χ4v) is 2.99. The van der Waals surface area contributed by atoms with Gasteiger partial charge in [-0.25, -0.2) is 0 Å². The lowest BCUT2D eigenvalue weighted by Gasteiger charge is -2.40. The topological polar surface area (TPSA) is 32.5 Å². The standard InChI is InChI=1S/C17H29N3/c1-4-16(18)12-15-6-8-17(9-7-15)20-11-10-19(5-2)14(3)13-20/h6-9,14,16H,4-5,10-13,18H2,1-3H3. The highest BCUT2D eigenvalue weighted by Gasteiger charge is 2.22. The zero-order chi connectivity index (χ0) is 14.5. The minimum atomic E-state index is 0.286. The highest BCUT2D eigenvalue weighted by Crippen LogP contribution is 2.20. The Morgan fingerprint density at radius 1 is 1.20 bits per heavy atom. The number of benzene rings is 1. The lowest BCUT2D eigenvalue weighted by Crippen LogP contribution is -2.51. The van der Waals surface area contributed by atoms with Gasteiger partial charge in [-0.05, 0) is 44.0 Å². The van der Waals surface area contributed by atoms with E-state index in [1.54, 1.807) is 0 Å². The van der Waals surface area contributed by atoms with Gasteiger partial charge in [0, 0.05) is 37.4 Å². The summed E-state index contributed by atoms with van der Waals surface area (Å²) in [7, 11) is 0. The molecule has 1 fully saturated rings. The fourth-order valence-electron chi connectivity index (χ4n) is 2.99. The second-order valence-corrected chi connectivity index (χ2v) is 5.96. The maximum absolute atomic E-state index is 6.02. The van der Waals surface area contributed by atoms with Crippen molar-refractivity contribution in [3.8, 4) is 0 Å². The molecule has 0 bridgehead atoms. The van der Waals surface area contributed by atoms with E-state index in [0.29, 0.717) is 6.04 Å². The summed E-state index contributed by atoms with van der Waals surface area (Å²) in [6, 6.07) is 9.91. The minimum absolute atomic E-state index is 0.286. The molecule has 2 N–H and O–H groups in total. The number of piperazine rings is 1. The maximum Gasteiger partial charge on any atom is 0.0367 e. The van der Waals surface area contributed by atoms with E-state index >= 15 is 0 Å². The highest BCUT2D eigenvalue weighted by atomic mass is 15.3. The number of nitrogens with zero attached hydrogens (tertiary/aromatic N) is 2. The average Bonchev–Trinajstić information content (AvgIpc) is 2.47. The number of hydrogen-bond donors (Lipinski definition) is 1. The van der Waals surface area contributed by atoms with Crippen molar-refractivity contribution in [3.05, 3.63) is 29.8 Å². The number of nitrogens with two attached hydrogens (primary N) is 1. The normalized spacial score (nSPS) is 22.0. The molecule has 1 aromatic carbocycles. The molecule has 2 unspecified atom stereocenters. The third-order valence-corrected chi connectivity index (χ3v) is 4.50. The van der Waals surface area contributed by atoms with Gasteiger partial charge in [-0.1, -0.05) is 26.0 Å². The Kier molecular flexibility index (Phi) is 5.44. The fraction of sp³-hybridized carbons (Fsp3) is 0.647. The molecular weight excluding hydrogens is 246 g/mol. The van der Waals surface area contributed by atoms with Crippen molar-refractivity contribution >= 4 is 5.69 Å². The lowest BCUT2D eigenvalue weighted by molar-refractivity contribution is 0.199. The molecular formula is C17H29N3. The summed E-state index contributed by atoms with van der Waals surface area (Å²) >= 11 is 0. The van der Waals surface area contributed by atoms with Crippen molar-refractivity contribution < 1.29 is 0 Å². The van der Waals surface area contributed by atoms with Gasteiger partial charge in [0.2, 0.25) is 0 Å². The van der Waals surface area contributed by atoms with Gasteiger partial charge in [0.05, 0.1) is 0 Å². The Morgan fingerprint density at radius 2 is 1.90 bits per heavy atom. The molecule has 3 heteroatoms. The molecule has 112 valence electrons. The van der Waals surface area contributed by atoms with Crippen molar-refractivity contribution in [3.63, 3.8) is 0 Å². The Balaban J connectivity index is 1.96. The van der Waals surface area contributed by atoms with Crippen LogP contribution in [0.25, 0.3) is 0 Å². The summed E-state index contributed by atoms with van der Waals surface area (Å²) in [5.74, 6) is 0. The van der Waals surface area contributed by atoms with Crippen LogP contribution >= 0.6 is 0 Å². The smallest absolute Gasteiger partial charge is 0.0367 e. The predicted molar refractivity (Wildman–Crippen MR) is 87.3 cm³/mol. The molecule has 20 heavy (non-hydrogen) atoms. The zero-order valence-corrected chi connectivity index (χ0v) is 13.2. The Morgan fingerprint density at radius 3 is 2.45 bits per heavy atom. The van der Waals surface area contributed by atoms with Crippen LogP contribution in [0.2, 0.25) is 0 Å². The summed E-state index contributed by atoms with van der Waals surface area (Å²) in [6.07, 6.45) is 2.02. The number of rotatable bonds is 5. The second-order valence-electron chi connectivity index (χ2n) is 5.96. The van der Waals surface area contributed by atoms with E-state index in [4.69, 9.17) is 5.73 Å². The van der Waals surface area contributed by atoms with E-state index in [1.807, 2.05) is 0 Å². The van der Waals surface area contributed by atoms with E-state index in [1.165, 1.54) is 17.8 Å². The minimum Gasteiger partial charge on any atom is -0.369 e. The van der Waals surface area contributed by atoms with Crippen LogP contribution in [-0.2, 0) is 6.42 Å². The first-order chi connectivity index (χ1) is 9.63. The summed E-state index contributed by atoms with van der Waals surface area (Å²) in [4.78, 5) is 5.05. The monoisotopic (exact) mass is 275 g/mol. The van der Waals surface area contributed by atoms with Crippen LogP contribution < -0.4 is 10.6 Å². The molecule has 1 aliphatic rings. The predicted octanol–water partition coefficient (Wildman–Crippen LogP) is 2.50. The van der Waals surface area contributed by atoms with E-state index < -0.39 is 0 Å². The van der Waals surface area contributed by atoms with Gasteiger partial charge in [0.15, 0.2) is 0 Å². The van der Waals surface area contributed by atoms with Crippen molar-refractivity contribution in [2.24, 2.45) is 5.73 Å². The number of hydrogen-bond acceptors (Lipinski definition) is 3. The van der Waals surface area contributed by atoms with Gasteiger partial charge in [0.25, 0.3) is 0 Å². The highest BCUT2D eigenvalue weighted by molar-refractivity contribution is 5.48. The SMILES string of the molecule is CCC(N)Cc1ccc(N2CCN(CC)C(C)C2)cc1. The van der Waals surface area contributed by atoms with Crippen molar-refractivity contribution in [2.45, 2.75) is 45.7 Å². The van der Waals surface area contributed by atoms with Crippen molar-refractivity contribution in [2.75, 3.05) is 31.1 Å². The van der Waals surface area contributed by atoms with Gasteiger partial charge in [-0.15, -0.1) is 0 Å². The summed E-state index contributed by atoms with van der Waals surface area (Å²) in [6.45, 7) is 11.3. The molecule has 0 aromatic heterocycles. The molecule has 0 spiro atoms. The Bertz CT molecular complexity index is 401. The zero-order valence-electron chi connectivity index (χ0n) is 13.2. The van der Waals surface area contributed by atoms with Crippen molar-refractivity contribution in [1.29, 1.82) is 0 Å². The van der Waals surface area contributed by atoms with E-state index in [0.717, 1.165) is 32.5 Å². The summed E-state index contributed by atoms with van der Waals surface area (Å²) in [5, 5.41) is 0. The molecule has 2 rings (SSSR count). The largest absolute Gasteiger partial charge is 0.369 e. The Labute approximate surface area is 123 Å².